The molecule has 1 aromatic rings. The second-order valence-electron chi connectivity index (χ2n) is 4.38. The van der Waals surface area contributed by atoms with Crippen molar-refractivity contribution in [2.75, 3.05) is 6.54 Å². The molecule has 0 aromatic heterocycles. The first-order valence-corrected chi connectivity index (χ1v) is 6.54. The van der Waals surface area contributed by atoms with Crippen molar-refractivity contribution in [3.63, 3.8) is 0 Å². The zero-order chi connectivity index (χ0) is 12.0. The maximum atomic E-state index is 6.24. The van der Waals surface area contributed by atoms with Crippen molar-refractivity contribution in [2.24, 2.45) is 5.92 Å². The molecule has 2 unspecified atom stereocenters. The van der Waals surface area contributed by atoms with E-state index in [0.29, 0.717) is 6.04 Å². The fourth-order valence-electron chi connectivity index (χ4n) is 1.89. The summed E-state index contributed by atoms with van der Waals surface area (Å²) in [6, 6.07) is 8.52. The molecule has 0 aliphatic carbocycles. The van der Waals surface area contributed by atoms with Crippen LogP contribution in [-0.2, 0) is 0 Å². The summed E-state index contributed by atoms with van der Waals surface area (Å²) in [5.41, 5.74) is 1.23. The van der Waals surface area contributed by atoms with Gasteiger partial charge in [-0.15, -0.1) is 0 Å². The zero-order valence-electron chi connectivity index (χ0n) is 10.5. The van der Waals surface area contributed by atoms with Gasteiger partial charge in [-0.1, -0.05) is 57.0 Å². The Balaban J connectivity index is 2.80. The van der Waals surface area contributed by atoms with E-state index in [-0.39, 0.29) is 0 Å². The molecule has 1 rings (SSSR count). The summed E-state index contributed by atoms with van der Waals surface area (Å²) in [6.07, 6.45) is 2.36. The van der Waals surface area contributed by atoms with E-state index in [1.165, 1.54) is 12.0 Å². The summed E-state index contributed by atoms with van der Waals surface area (Å²) >= 11 is 6.24. The Hall–Kier alpha value is -0.530. The highest BCUT2D eigenvalue weighted by Gasteiger charge is 2.15. The molecule has 0 heterocycles. The van der Waals surface area contributed by atoms with Crippen LogP contribution in [0.5, 0.6) is 0 Å². The molecule has 0 fully saturated rings. The second-order valence-corrected chi connectivity index (χ2v) is 4.79. The van der Waals surface area contributed by atoms with Crippen LogP contribution < -0.4 is 5.32 Å². The van der Waals surface area contributed by atoms with Crippen LogP contribution >= 0.6 is 11.6 Å². The van der Waals surface area contributed by atoms with E-state index in [1.54, 1.807) is 0 Å². The van der Waals surface area contributed by atoms with E-state index >= 15 is 0 Å². The molecule has 2 atom stereocenters. The van der Waals surface area contributed by atoms with Crippen molar-refractivity contribution >= 4 is 11.6 Å². The van der Waals surface area contributed by atoms with E-state index in [9.17, 15) is 0 Å². The first-order valence-electron chi connectivity index (χ1n) is 6.16. The van der Waals surface area contributed by atoms with Crippen molar-refractivity contribution < 1.29 is 0 Å². The fraction of sp³-hybridized carbons (Fsp3) is 0.571. The number of hydrogen-bond acceptors (Lipinski definition) is 1. The number of rotatable bonds is 6. The predicted molar refractivity (Wildman–Crippen MR) is 71.9 cm³/mol. The van der Waals surface area contributed by atoms with Crippen LogP contribution in [0.25, 0.3) is 0 Å². The molecule has 0 radical (unpaired) electrons. The van der Waals surface area contributed by atoms with E-state index in [2.05, 4.69) is 38.2 Å². The number of nitrogens with one attached hydrogen (secondary N) is 1. The Bertz CT molecular complexity index is 311. The molecule has 0 saturated carbocycles. The van der Waals surface area contributed by atoms with Gasteiger partial charge in [-0.25, -0.2) is 0 Å². The molecule has 90 valence electrons. The standard InChI is InChI=1S/C14H22ClN/c1-4-11(3)10-14(16-5-2)12-8-6-7-9-13(12)15/h6-9,11,14,16H,4-5,10H2,1-3H3. The topological polar surface area (TPSA) is 12.0 Å². The maximum absolute atomic E-state index is 6.24. The van der Waals surface area contributed by atoms with Crippen molar-refractivity contribution in [3.05, 3.63) is 34.9 Å². The summed E-state index contributed by atoms with van der Waals surface area (Å²) in [5, 5.41) is 4.39. The van der Waals surface area contributed by atoms with Crippen LogP contribution in [-0.4, -0.2) is 6.54 Å². The van der Waals surface area contributed by atoms with Crippen molar-refractivity contribution in [2.45, 2.75) is 39.7 Å². The van der Waals surface area contributed by atoms with E-state index in [0.717, 1.165) is 23.9 Å². The van der Waals surface area contributed by atoms with Gasteiger partial charge in [0.2, 0.25) is 0 Å². The molecule has 1 N–H and O–H groups in total. The summed E-state index contributed by atoms with van der Waals surface area (Å²) in [7, 11) is 0. The molecule has 2 heteroatoms. The van der Waals surface area contributed by atoms with Gasteiger partial charge in [-0.3, -0.25) is 0 Å². The van der Waals surface area contributed by atoms with Crippen LogP contribution in [0, 0.1) is 5.92 Å². The highest BCUT2D eigenvalue weighted by Crippen LogP contribution is 2.28. The number of halogens is 1. The monoisotopic (exact) mass is 239 g/mol. The molecule has 0 aliphatic heterocycles. The summed E-state index contributed by atoms with van der Waals surface area (Å²) in [4.78, 5) is 0. The van der Waals surface area contributed by atoms with Gasteiger partial charge in [0.05, 0.1) is 0 Å². The summed E-state index contributed by atoms with van der Waals surface area (Å²) < 4.78 is 0. The van der Waals surface area contributed by atoms with Gasteiger partial charge in [-0.05, 0) is 30.5 Å². The largest absolute Gasteiger partial charge is 0.310 e. The quantitative estimate of drug-likeness (QED) is 0.775. The first kappa shape index (κ1) is 13.5. The lowest BCUT2D eigenvalue weighted by atomic mass is 9.94. The Kier molecular flexibility index (Phi) is 5.86. The van der Waals surface area contributed by atoms with Crippen molar-refractivity contribution in [1.29, 1.82) is 0 Å². The van der Waals surface area contributed by atoms with Gasteiger partial charge in [0.1, 0.15) is 0 Å². The molecule has 0 saturated heterocycles. The van der Waals surface area contributed by atoms with Crippen LogP contribution in [0.4, 0.5) is 0 Å². The van der Waals surface area contributed by atoms with Crippen LogP contribution in [0.3, 0.4) is 0 Å². The van der Waals surface area contributed by atoms with Crippen molar-refractivity contribution in [1.82, 2.24) is 5.32 Å². The lowest BCUT2D eigenvalue weighted by Gasteiger charge is -2.22. The molecular weight excluding hydrogens is 218 g/mol. The van der Waals surface area contributed by atoms with Gasteiger partial charge in [0.25, 0.3) is 0 Å². The Morgan fingerprint density at radius 3 is 2.50 bits per heavy atom. The normalized spacial score (nSPS) is 14.8. The Morgan fingerprint density at radius 2 is 1.94 bits per heavy atom. The lowest BCUT2D eigenvalue weighted by molar-refractivity contribution is 0.408. The summed E-state index contributed by atoms with van der Waals surface area (Å²) in [5.74, 6) is 0.723. The van der Waals surface area contributed by atoms with Gasteiger partial charge in [0.15, 0.2) is 0 Å². The third-order valence-corrected chi connectivity index (χ3v) is 3.41. The molecule has 0 bridgehead atoms. The molecule has 0 amide bonds. The average Bonchev–Trinajstić information content (AvgIpc) is 2.29. The molecule has 16 heavy (non-hydrogen) atoms. The Morgan fingerprint density at radius 1 is 1.25 bits per heavy atom. The highest BCUT2D eigenvalue weighted by molar-refractivity contribution is 6.31. The average molecular weight is 240 g/mol. The molecule has 0 spiro atoms. The smallest absolute Gasteiger partial charge is 0.0453 e. The minimum absolute atomic E-state index is 0.383. The van der Waals surface area contributed by atoms with Crippen LogP contribution in [0.15, 0.2) is 24.3 Å². The van der Waals surface area contributed by atoms with Gasteiger partial charge in [0, 0.05) is 11.1 Å². The molecular formula is C14H22ClN. The van der Waals surface area contributed by atoms with Crippen LogP contribution in [0.2, 0.25) is 5.02 Å². The zero-order valence-corrected chi connectivity index (χ0v) is 11.2. The van der Waals surface area contributed by atoms with Gasteiger partial charge >= 0.3 is 0 Å². The van der Waals surface area contributed by atoms with Gasteiger partial charge in [-0.2, -0.15) is 0 Å². The third kappa shape index (κ3) is 3.80. The highest BCUT2D eigenvalue weighted by atomic mass is 35.5. The number of benzene rings is 1. The first-order chi connectivity index (χ1) is 7.69. The fourth-order valence-corrected chi connectivity index (χ4v) is 2.16. The van der Waals surface area contributed by atoms with E-state index in [4.69, 9.17) is 11.6 Å². The lowest BCUT2D eigenvalue weighted by Crippen LogP contribution is -2.23. The maximum Gasteiger partial charge on any atom is 0.0453 e. The van der Waals surface area contributed by atoms with Crippen molar-refractivity contribution in [3.8, 4) is 0 Å². The number of hydrogen-bond donors (Lipinski definition) is 1. The van der Waals surface area contributed by atoms with Gasteiger partial charge < -0.3 is 5.32 Å². The predicted octanol–water partition coefficient (Wildman–Crippen LogP) is 4.43. The van der Waals surface area contributed by atoms with Crippen LogP contribution in [0.1, 0.15) is 45.2 Å². The van der Waals surface area contributed by atoms with E-state index in [1.807, 2.05) is 12.1 Å². The summed E-state index contributed by atoms with van der Waals surface area (Å²) in [6.45, 7) is 7.65. The molecule has 1 nitrogen and oxygen atoms in total. The third-order valence-electron chi connectivity index (χ3n) is 3.07. The Labute approximate surface area is 104 Å². The molecule has 0 aliphatic rings. The SMILES string of the molecule is CCNC(CC(C)CC)c1ccccc1Cl. The minimum atomic E-state index is 0.383. The van der Waals surface area contributed by atoms with E-state index < -0.39 is 0 Å². The second kappa shape index (κ2) is 6.93. The molecule has 1 aromatic carbocycles. The minimum Gasteiger partial charge on any atom is -0.310 e.